The van der Waals surface area contributed by atoms with Crippen LogP contribution in [0.1, 0.15) is 12.5 Å². The summed E-state index contributed by atoms with van der Waals surface area (Å²) < 4.78 is 5.47. The van der Waals surface area contributed by atoms with Crippen molar-refractivity contribution in [2.75, 3.05) is 37.7 Å². The number of aromatic nitrogens is 2. The minimum absolute atomic E-state index is 0.0143. The second-order valence-corrected chi connectivity index (χ2v) is 7.70. The molecule has 1 fully saturated rings. The molecule has 0 aliphatic carbocycles. The van der Waals surface area contributed by atoms with Crippen LogP contribution in [-0.2, 0) is 11.2 Å². The van der Waals surface area contributed by atoms with Crippen molar-refractivity contribution in [3.05, 3.63) is 76.3 Å². The number of non-ortho nitro benzene ring substituents is 1. The zero-order valence-electron chi connectivity index (χ0n) is 18.4. The molecule has 1 aromatic heterocycles. The number of hydrogen-bond donors (Lipinski definition) is 0. The Balaban J connectivity index is 1.31. The first-order valence-electron chi connectivity index (χ1n) is 10.9. The molecule has 1 aliphatic heterocycles. The Labute approximate surface area is 191 Å². The lowest BCUT2D eigenvalue weighted by Gasteiger charge is -2.35. The average Bonchev–Trinajstić information content (AvgIpc) is 2.85. The third kappa shape index (κ3) is 5.43. The van der Waals surface area contributed by atoms with Gasteiger partial charge in [-0.3, -0.25) is 14.9 Å². The smallest absolute Gasteiger partial charge is 0.269 e. The van der Waals surface area contributed by atoms with Crippen LogP contribution in [0.5, 0.6) is 5.75 Å². The number of nitro groups is 1. The number of nitrogens with zero attached hydrogens (tertiary/aromatic N) is 5. The number of rotatable bonds is 7. The van der Waals surface area contributed by atoms with Gasteiger partial charge in [0.05, 0.1) is 23.6 Å². The fraction of sp³-hybridized carbons (Fsp3) is 0.292. The Hall–Kier alpha value is -4.01. The van der Waals surface area contributed by atoms with Crippen molar-refractivity contribution >= 4 is 17.4 Å². The quantitative estimate of drug-likeness (QED) is 0.404. The van der Waals surface area contributed by atoms with E-state index in [1.165, 1.54) is 12.1 Å². The highest BCUT2D eigenvalue weighted by Crippen LogP contribution is 2.22. The first kappa shape index (κ1) is 22.2. The monoisotopic (exact) mass is 447 g/mol. The molecule has 9 nitrogen and oxygen atoms in total. The third-order valence-corrected chi connectivity index (χ3v) is 5.57. The van der Waals surface area contributed by atoms with E-state index in [4.69, 9.17) is 4.74 Å². The van der Waals surface area contributed by atoms with Gasteiger partial charge in [-0.2, -0.15) is 0 Å². The maximum atomic E-state index is 12.6. The molecule has 0 unspecified atom stereocenters. The minimum atomic E-state index is -0.446. The molecule has 3 aromatic rings. The number of benzene rings is 2. The standard InChI is InChI=1S/C24H25N5O4/c1-2-33-21-9-5-19(6-10-21)22-11-12-23(26-25-22)27-13-15-28(16-14-27)24(30)17-18-3-7-20(8-4-18)29(31)32/h3-12H,2,13-17H2,1H3. The van der Waals surface area contributed by atoms with Gasteiger partial charge in [-0.15, -0.1) is 10.2 Å². The summed E-state index contributed by atoms with van der Waals surface area (Å²) in [5, 5.41) is 19.5. The van der Waals surface area contributed by atoms with Gasteiger partial charge >= 0.3 is 0 Å². The lowest BCUT2D eigenvalue weighted by atomic mass is 10.1. The predicted octanol–water partition coefficient (Wildman–Crippen LogP) is 3.34. The molecule has 0 N–H and O–H groups in total. The summed E-state index contributed by atoms with van der Waals surface area (Å²) in [5.41, 5.74) is 2.55. The third-order valence-electron chi connectivity index (χ3n) is 5.57. The number of amides is 1. The Bertz CT molecular complexity index is 1090. The van der Waals surface area contributed by atoms with E-state index in [1.54, 1.807) is 12.1 Å². The molecule has 0 spiro atoms. The maximum absolute atomic E-state index is 12.6. The lowest BCUT2D eigenvalue weighted by molar-refractivity contribution is -0.384. The van der Waals surface area contributed by atoms with Crippen LogP contribution in [0.2, 0.25) is 0 Å². The van der Waals surface area contributed by atoms with Crippen molar-refractivity contribution in [2.24, 2.45) is 0 Å². The Morgan fingerprint density at radius 1 is 0.970 bits per heavy atom. The molecule has 1 amide bonds. The van der Waals surface area contributed by atoms with Crippen LogP contribution in [0, 0.1) is 10.1 Å². The van der Waals surface area contributed by atoms with E-state index >= 15 is 0 Å². The van der Waals surface area contributed by atoms with Crippen LogP contribution >= 0.6 is 0 Å². The molecule has 4 rings (SSSR count). The minimum Gasteiger partial charge on any atom is -0.494 e. The van der Waals surface area contributed by atoms with Crippen LogP contribution in [0.15, 0.2) is 60.7 Å². The second-order valence-electron chi connectivity index (χ2n) is 7.70. The Morgan fingerprint density at radius 2 is 1.67 bits per heavy atom. The van der Waals surface area contributed by atoms with Crippen molar-refractivity contribution in [3.8, 4) is 17.0 Å². The van der Waals surface area contributed by atoms with Crippen molar-refractivity contribution in [3.63, 3.8) is 0 Å². The molecule has 1 aliphatic rings. The van der Waals surface area contributed by atoms with Crippen LogP contribution in [0.25, 0.3) is 11.3 Å². The maximum Gasteiger partial charge on any atom is 0.269 e. The fourth-order valence-corrected chi connectivity index (χ4v) is 3.74. The molecule has 1 saturated heterocycles. The van der Waals surface area contributed by atoms with Gasteiger partial charge in [-0.05, 0) is 48.9 Å². The van der Waals surface area contributed by atoms with Crippen LogP contribution < -0.4 is 9.64 Å². The summed E-state index contributed by atoms with van der Waals surface area (Å²) in [4.78, 5) is 26.9. The molecule has 0 saturated carbocycles. The van der Waals surface area contributed by atoms with Gasteiger partial charge in [-0.25, -0.2) is 0 Å². The van der Waals surface area contributed by atoms with E-state index in [1.807, 2.05) is 48.2 Å². The molecule has 0 radical (unpaired) electrons. The van der Waals surface area contributed by atoms with Gasteiger partial charge < -0.3 is 14.5 Å². The summed E-state index contributed by atoms with van der Waals surface area (Å²) in [7, 11) is 0. The largest absolute Gasteiger partial charge is 0.494 e. The van der Waals surface area contributed by atoms with Crippen LogP contribution in [0.4, 0.5) is 11.5 Å². The van der Waals surface area contributed by atoms with E-state index in [-0.39, 0.29) is 18.0 Å². The number of carbonyl (C=O) groups excluding carboxylic acids is 1. The summed E-state index contributed by atoms with van der Waals surface area (Å²) in [5.74, 6) is 1.62. The predicted molar refractivity (Wildman–Crippen MR) is 124 cm³/mol. The molecular formula is C24H25N5O4. The number of nitro benzene ring substituents is 1. The Morgan fingerprint density at radius 3 is 2.24 bits per heavy atom. The Kier molecular flexibility index (Phi) is 6.77. The van der Waals surface area contributed by atoms with Gasteiger partial charge in [0.2, 0.25) is 5.91 Å². The molecule has 170 valence electrons. The highest BCUT2D eigenvalue weighted by Gasteiger charge is 2.22. The van der Waals surface area contributed by atoms with E-state index in [2.05, 4.69) is 15.1 Å². The zero-order chi connectivity index (χ0) is 23.2. The fourth-order valence-electron chi connectivity index (χ4n) is 3.74. The highest BCUT2D eigenvalue weighted by molar-refractivity contribution is 5.79. The molecule has 2 aromatic carbocycles. The van der Waals surface area contributed by atoms with Crippen molar-refractivity contribution in [1.82, 2.24) is 15.1 Å². The number of ether oxygens (including phenoxy) is 1. The van der Waals surface area contributed by atoms with Gasteiger partial charge in [0.25, 0.3) is 5.69 Å². The highest BCUT2D eigenvalue weighted by atomic mass is 16.6. The average molecular weight is 447 g/mol. The number of piperazine rings is 1. The van der Waals surface area contributed by atoms with E-state index in [0.29, 0.717) is 32.8 Å². The van der Waals surface area contributed by atoms with Crippen molar-refractivity contribution in [1.29, 1.82) is 0 Å². The topological polar surface area (TPSA) is 102 Å². The van der Waals surface area contributed by atoms with Gasteiger partial charge in [0, 0.05) is 43.9 Å². The molecule has 2 heterocycles. The number of carbonyl (C=O) groups is 1. The lowest BCUT2D eigenvalue weighted by Crippen LogP contribution is -2.49. The normalized spacial score (nSPS) is 13.6. The molecule has 33 heavy (non-hydrogen) atoms. The van der Waals surface area contributed by atoms with E-state index in [9.17, 15) is 14.9 Å². The molecular weight excluding hydrogens is 422 g/mol. The summed E-state index contributed by atoms with van der Waals surface area (Å²) >= 11 is 0. The summed E-state index contributed by atoms with van der Waals surface area (Å²) in [6, 6.07) is 17.8. The van der Waals surface area contributed by atoms with E-state index < -0.39 is 4.92 Å². The second kappa shape index (κ2) is 10.1. The number of hydrogen-bond acceptors (Lipinski definition) is 7. The molecule has 0 bridgehead atoms. The van der Waals surface area contributed by atoms with Crippen molar-refractivity contribution < 1.29 is 14.5 Å². The van der Waals surface area contributed by atoms with Crippen molar-refractivity contribution in [2.45, 2.75) is 13.3 Å². The summed E-state index contributed by atoms with van der Waals surface area (Å²) in [6.45, 7) is 5.10. The van der Waals surface area contributed by atoms with Gasteiger partial charge in [-0.1, -0.05) is 12.1 Å². The van der Waals surface area contributed by atoms with Crippen LogP contribution in [-0.4, -0.2) is 58.7 Å². The molecule has 0 atom stereocenters. The molecule has 9 heteroatoms. The summed E-state index contributed by atoms with van der Waals surface area (Å²) in [6.07, 6.45) is 0.231. The van der Waals surface area contributed by atoms with Gasteiger partial charge in [0.15, 0.2) is 5.82 Å². The van der Waals surface area contributed by atoms with E-state index in [0.717, 1.165) is 28.4 Å². The first-order valence-corrected chi connectivity index (χ1v) is 10.9. The number of anilines is 1. The zero-order valence-corrected chi connectivity index (χ0v) is 18.4. The van der Waals surface area contributed by atoms with Gasteiger partial charge in [0.1, 0.15) is 5.75 Å². The first-order chi connectivity index (χ1) is 16.0. The van der Waals surface area contributed by atoms with Crippen LogP contribution in [0.3, 0.4) is 0 Å². The SMILES string of the molecule is CCOc1ccc(-c2ccc(N3CCN(C(=O)Cc4ccc([N+](=O)[O-])cc4)CC3)nn2)cc1.